The second-order valence-electron chi connectivity index (χ2n) is 20.7. The number of ether oxygens (including phenoxy) is 1. The van der Waals surface area contributed by atoms with Crippen molar-refractivity contribution >= 4 is 11.9 Å². The predicted molar refractivity (Wildman–Crippen MR) is 296 cm³/mol. The molecule has 0 aliphatic carbocycles. The molecule has 0 fully saturated rings. The summed E-state index contributed by atoms with van der Waals surface area (Å²) < 4.78 is 5.48. The van der Waals surface area contributed by atoms with Gasteiger partial charge in [0.2, 0.25) is 5.91 Å². The average Bonchev–Trinajstić information content (AvgIpc) is 3.34. The third-order valence-corrected chi connectivity index (χ3v) is 13.9. The Balaban J connectivity index is 3.45. The highest BCUT2D eigenvalue weighted by Gasteiger charge is 2.18. The van der Waals surface area contributed by atoms with E-state index in [9.17, 15) is 19.8 Å². The lowest BCUT2D eigenvalue weighted by molar-refractivity contribution is -0.143. The number of carbonyl (C=O) groups is 2. The van der Waals surface area contributed by atoms with Gasteiger partial charge in [-0.25, -0.2) is 0 Å². The van der Waals surface area contributed by atoms with Crippen molar-refractivity contribution in [3.8, 4) is 0 Å². The van der Waals surface area contributed by atoms with E-state index >= 15 is 0 Å². The Morgan fingerprint density at radius 2 is 0.735 bits per heavy atom. The van der Waals surface area contributed by atoms with Crippen molar-refractivity contribution in [2.24, 2.45) is 0 Å². The molecule has 0 spiro atoms. The highest BCUT2D eigenvalue weighted by Crippen LogP contribution is 2.17. The molecular weight excluding hydrogens is 839 g/mol. The third-order valence-electron chi connectivity index (χ3n) is 13.9. The molecule has 0 rings (SSSR count). The van der Waals surface area contributed by atoms with Gasteiger partial charge >= 0.3 is 5.97 Å². The molecule has 0 aliphatic rings. The number of allylic oxidation sites excluding steroid dienone is 5. The molecule has 0 bridgehead atoms. The molecule has 0 aliphatic heterocycles. The van der Waals surface area contributed by atoms with Gasteiger partial charge in [-0.2, -0.15) is 0 Å². The monoisotopic (exact) mass is 956 g/mol. The molecule has 2 atom stereocenters. The van der Waals surface area contributed by atoms with Gasteiger partial charge in [0, 0.05) is 12.8 Å². The van der Waals surface area contributed by atoms with Crippen molar-refractivity contribution < 1.29 is 24.5 Å². The number of hydrogen-bond donors (Lipinski definition) is 3. The third kappa shape index (κ3) is 53.4. The lowest BCUT2D eigenvalue weighted by atomic mass is 10.0. The van der Waals surface area contributed by atoms with Crippen LogP contribution in [-0.4, -0.2) is 47.4 Å². The highest BCUT2D eigenvalue weighted by atomic mass is 16.5. The zero-order chi connectivity index (χ0) is 49.3. The van der Waals surface area contributed by atoms with Gasteiger partial charge in [-0.15, -0.1) is 0 Å². The minimum absolute atomic E-state index is 0.00927. The number of aliphatic hydroxyl groups excluding tert-OH is 2. The summed E-state index contributed by atoms with van der Waals surface area (Å²) in [6.07, 6.45) is 71.8. The zero-order valence-electron chi connectivity index (χ0n) is 45.6. The number of unbranched alkanes of at least 4 members (excludes halogenated alkanes) is 41. The molecule has 0 heterocycles. The lowest BCUT2D eigenvalue weighted by Crippen LogP contribution is -2.45. The van der Waals surface area contributed by atoms with Crippen LogP contribution < -0.4 is 5.32 Å². The van der Waals surface area contributed by atoms with E-state index in [4.69, 9.17) is 4.74 Å². The van der Waals surface area contributed by atoms with E-state index in [2.05, 4.69) is 43.5 Å². The van der Waals surface area contributed by atoms with E-state index in [0.717, 1.165) is 57.8 Å². The summed E-state index contributed by atoms with van der Waals surface area (Å²) >= 11 is 0. The molecule has 6 heteroatoms. The maximum absolute atomic E-state index is 12.4. The highest BCUT2D eigenvalue weighted by molar-refractivity contribution is 5.76. The first-order valence-electron chi connectivity index (χ1n) is 30.3. The fraction of sp³-hybridized carbons (Fsp3) is 0.871. The number of aliphatic hydroxyl groups is 2. The molecule has 0 saturated carbocycles. The molecule has 0 aromatic rings. The molecule has 68 heavy (non-hydrogen) atoms. The normalized spacial score (nSPS) is 12.8. The number of hydrogen-bond acceptors (Lipinski definition) is 5. The predicted octanol–water partition coefficient (Wildman–Crippen LogP) is 18.8. The van der Waals surface area contributed by atoms with E-state index in [1.807, 2.05) is 6.08 Å². The smallest absolute Gasteiger partial charge is 0.305 e. The van der Waals surface area contributed by atoms with Crippen molar-refractivity contribution in [3.05, 3.63) is 36.5 Å². The van der Waals surface area contributed by atoms with Crippen molar-refractivity contribution in [1.29, 1.82) is 0 Å². The van der Waals surface area contributed by atoms with Crippen molar-refractivity contribution in [3.63, 3.8) is 0 Å². The molecule has 0 aromatic carbocycles. The Bertz CT molecular complexity index is 1100. The average molecular weight is 957 g/mol. The van der Waals surface area contributed by atoms with Gasteiger partial charge in [-0.1, -0.05) is 281 Å². The van der Waals surface area contributed by atoms with Gasteiger partial charge in [0.25, 0.3) is 0 Å². The maximum Gasteiger partial charge on any atom is 0.305 e. The minimum atomic E-state index is -0.850. The number of nitrogens with one attached hydrogen (secondary N) is 1. The Kier molecular flexibility index (Phi) is 56.0. The Morgan fingerprint density at radius 1 is 0.412 bits per heavy atom. The SMILES string of the molecule is CCCCCCCCCCCCC/C=C/C(O)C(CO)NC(=O)CCCCCCCCC/C=C\C/C=C\CCCCCCCCCCCOC(=O)CCCCCCCCCCCCCCCCC. The molecular formula is C62H117NO5. The first kappa shape index (κ1) is 66.1. The Morgan fingerprint density at radius 3 is 1.12 bits per heavy atom. The zero-order valence-corrected chi connectivity index (χ0v) is 45.6. The summed E-state index contributed by atoms with van der Waals surface area (Å²) in [5.74, 6) is -0.0691. The lowest BCUT2D eigenvalue weighted by Gasteiger charge is -2.20. The molecule has 0 aromatic heterocycles. The van der Waals surface area contributed by atoms with E-state index < -0.39 is 12.1 Å². The summed E-state index contributed by atoms with van der Waals surface area (Å²) in [6, 6.07) is -0.635. The van der Waals surface area contributed by atoms with Crippen LogP contribution in [0.5, 0.6) is 0 Å². The van der Waals surface area contributed by atoms with Crippen LogP contribution in [0.15, 0.2) is 36.5 Å². The van der Waals surface area contributed by atoms with Crippen LogP contribution in [0.1, 0.15) is 322 Å². The van der Waals surface area contributed by atoms with Crippen LogP contribution in [0.4, 0.5) is 0 Å². The standard InChI is InChI=1S/C62H117NO5/c1-3-5-7-9-11-13-15-17-27-32-36-40-44-48-52-56-62(67)68-57-53-49-45-41-37-33-29-26-24-22-20-18-19-21-23-25-28-31-35-39-43-47-51-55-61(66)63-59(58-64)60(65)54-50-46-42-38-34-30-16-14-12-10-8-6-4-2/h18,20-21,23,50,54,59-60,64-65H,3-17,19,22,24-49,51-53,55-58H2,1-2H3,(H,63,66)/b20-18-,23-21-,54-50+. The molecule has 0 saturated heterocycles. The molecule has 2 unspecified atom stereocenters. The van der Waals surface area contributed by atoms with Gasteiger partial charge in [-0.05, 0) is 64.2 Å². The number of rotatable bonds is 56. The fourth-order valence-corrected chi connectivity index (χ4v) is 9.25. The van der Waals surface area contributed by atoms with Crippen LogP contribution in [-0.2, 0) is 14.3 Å². The van der Waals surface area contributed by atoms with E-state index in [1.54, 1.807) is 6.08 Å². The van der Waals surface area contributed by atoms with Crippen molar-refractivity contribution in [2.45, 2.75) is 334 Å². The second-order valence-corrected chi connectivity index (χ2v) is 20.7. The molecule has 400 valence electrons. The Labute approximate surface area is 424 Å². The molecule has 1 amide bonds. The summed E-state index contributed by atoms with van der Waals surface area (Å²) in [6.45, 7) is 4.90. The van der Waals surface area contributed by atoms with E-state index in [1.165, 1.54) is 238 Å². The van der Waals surface area contributed by atoms with Crippen LogP contribution in [0.2, 0.25) is 0 Å². The fourth-order valence-electron chi connectivity index (χ4n) is 9.25. The number of esters is 1. The maximum atomic E-state index is 12.4. The van der Waals surface area contributed by atoms with Gasteiger partial charge < -0.3 is 20.3 Å². The number of amides is 1. The van der Waals surface area contributed by atoms with Crippen molar-refractivity contribution in [2.75, 3.05) is 13.2 Å². The number of carbonyl (C=O) groups excluding carboxylic acids is 2. The molecule has 3 N–H and O–H groups in total. The summed E-state index contributed by atoms with van der Waals surface area (Å²) in [5.41, 5.74) is 0. The summed E-state index contributed by atoms with van der Waals surface area (Å²) in [5, 5.41) is 23.1. The topological polar surface area (TPSA) is 95.9 Å². The van der Waals surface area contributed by atoms with Gasteiger partial charge in [0.15, 0.2) is 0 Å². The first-order chi connectivity index (χ1) is 33.5. The van der Waals surface area contributed by atoms with Crippen LogP contribution in [0.3, 0.4) is 0 Å². The summed E-state index contributed by atoms with van der Waals surface area (Å²) in [4.78, 5) is 24.5. The van der Waals surface area contributed by atoms with Gasteiger partial charge in [0.1, 0.15) is 0 Å². The molecule has 6 nitrogen and oxygen atoms in total. The largest absolute Gasteiger partial charge is 0.466 e. The van der Waals surface area contributed by atoms with E-state index in [0.29, 0.717) is 19.4 Å². The van der Waals surface area contributed by atoms with Gasteiger partial charge in [-0.3, -0.25) is 9.59 Å². The minimum Gasteiger partial charge on any atom is -0.466 e. The van der Waals surface area contributed by atoms with E-state index in [-0.39, 0.29) is 18.5 Å². The Hall–Kier alpha value is -1.92. The second kappa shape index (κ2) is 57.7. The van der Waals surface area contributed by atoms with Crippen LogP contribution in [0.25, 0.3) is 0 Å². The van der Waals surface area contributed by atoms with Crippen molar-refractivity contribution in [1.82, 2.24) is 5.32 Å². The summed E-state index contributed by atoms with van der Waals surface area (Å²) in [7, 11) is 0. The van der Waals surface area contributed by atoms with Gasteiger partial charge in [0.05, 0.1) is 25.4 Å². The van der Waals surface area contributed by atoms with Crippen LogP contribution in [0, 0.1) is 0 Å². The first-order valence-corrected chi connectivity index (χ1v) is 30.3. The van der Waals surface area contributed by atoms with Crippen LogP contribution >= 0.6 is 0 Å². The quantitative estimate of drug-likeness (QED) is 0.0321. The molecule has 0 radical (unpaired) electrons.